The number of para-hydroxylation sites is 1. The standard InChI is InChI=1S/C16H20ClN/c1-5-7-12-8-6-9-13-15(17)14(10(2)3)11(4)18-16(12)13/h6,8-10H,5,7H2,1-4H3. The van der Waals surface area contributed by atoms with E-state index in [1.54, 1.807) is 0 Å². The second kappa shape index (κ2) is 5.27. The van der Waals surface area contributed by atoms with Crippen LogP contribution in [0.25, 0.3) is 10.9 Å². The van der Waals surface area contributed by atoms with Gasteiger partial charge in [0.15, 0.2) is 0 Å². The SMILES string of the molecule is CCCc1cccc2c(Cl)c(C(C)C)c(C)nc12. The molecule has 0 saturated carbocycles. The fourth-order valence-corrected chi connectivity index (χ4v) is 3.08. The van der Waals surface area contributed by atoms with Gasteiger partial charge in [0.1, 0.15) is 0 Å². The number of halogens is 1. The van der Waals surface area contributed by atoms with Crippen molar-refractivity contribution in [2.45, 2.75) is 46.5 Å². The molecule has 0 saturated heterocycles. The fourth-order valence-electron chi connectivity index (χ4n) is 2.57. The highest BCUT2D eigenvalue weighted by molar-refractivity contribution is 6.36. The Kier molecular flexibility index (Phi) is 3.91. The fraction of sp³-hybridized carbons (Fsp3) is 0.438. The van der Waals surface area contributed by atoms with Gasteiger partial charge in [-0.05, 0) is 30.4 Å². The number of hydrogen-bond acceptors (Lipinski definition) is 1. The Labute approximate surface area is 114 Å². The molecule has 1 nitrogen and oxygen atoms in total. The summed E-state index contributed by atoms with van der Waals surface area (Å²) in [7, 11) is 0. The van der Waals surface area contributed by atoms with Crippen LogP contribution in [0.1, 0.15) is 49.9 Å². The van der Waals surface area contributed by atoms with Crippen LogP contribution in [0.3, 0.4) is 0 Å². The summed E-state index contributed by atoms with van der Waals surface area (Å²) in [6.07, 6.45) is 2.19. The maximum absolute atomic E-state index is 6.57. The molecule has 18 heavy (non-hydrogen) atoms. The first kappa shape index (κ1) is 13.4. The molecule has 0 fully saturated rings. The van der Waals surface area contributed by atoms with Crippen molar-refractivity contribution >= 4 is 22.5 Å². The number of hydrogen-bond donors (Lipinski definition) is 0. The van der Waals surface area contributed by atoms with Crippen molar-refractivity contribution in [3.63, 3.8) is 0 Å². The molecule has 0 aliphatic heterocycles. The molecule has 1 aromatic carbocycles. The van der Waals surface area contributed by atoms with E-state index < -0.39 is 0 Å². The maximum Gasteiger partial charge on any atom is 0.0752 e. The third-order valence-electron chi connectivity index (χ3n) is 3.36. The van der Waals surface area contributed by atoms with Crippen molar-refractivity contribution in [2.75, 3.05) is 0 Å². The largest absolute Gasteiger partial charge is 0.252 e. The second-order valence-corrected chi connectivity index (χ2v) is 5.52. The molecule has 2 aromatic rings. The van der Waals surface area contributed by atoms with Crippen LogP contribution in [0.5, 0.6) is 0 Å². The van der Waals surface area contributed by atoms with Crippen LogP contribution in [-0.2, 0) is 6.42 Å². The summed E-state index contributed by atoms with van der Waals surface area (Å²) in [5, 5.41) is 1.97. The molecular weight excluding hydrogens is 242 g/mol. The molecule has 0 aliphatic carbocycles. The monoisotopic (exact) mass is 261 g/mol. The van der Waals surface area contributed by atoms with E-state index in [1.807, 2.05) is 0 Å². The van der Waals surface area contributed by atoms with Crippen molar-refractivity contribution in [3.8, 4) is 0 Å². The third-order valence-corrected chi connectivity index (χ3v) is 3.77. The predicted octanol–water partition coefficient (Wildman–Crippen LogP) is 5.27. The Morgan fingerprint density at radius 2 is 2.00 bits per heavy atom. The normalized spacial score (nSPS) is 11.4. The zero-order chi connectivity index (χ0) is 13.3. The number of fused-ring (bicyclic) bond motifs is 1. The number of aryl methyl sites for hydroxylation is 2. The Hall–Kier alpha value is -1.08. The number of nitrogens with zero attached hydrogens (tertiary/aromatic N) is 1. The Bertz CT molecular complexity index is 573. The molecule has 1 aromatic heterocycles. The van der Waals surface area contributed by atoms with Gasteiger partial charge in [0.25, 0.3) is 0 Å². The number of rotatable bonds is 3. The van der Waals surface area contributed by atoms with Crippen molar-refractivity contribution in [1.82, 2.24) is 4.98 Å². The van der Waals surface area contributed by atoms with Crippen LogP contribution >= 0.6 is 11.6 Å². The molecule has 0 N–H and O–H groups in total. The van der Waals surface area contributed by atoms with Crippen LogP contribution in [0.4, 0.5) is 0 Å². The molecule has 1 heterocycles. The summed E-state index contributed by atoms with van der Waals surface area (Å²) >= 11 is 6.57. The van der Waals surface area contributed by atoms with Gasteiger partial charge >= 0.3 is 0 Å². The smallest absolute Gasteiger partial charge is 0.0752 e. The molecule has 0 spiro atoms. The molecule has 2 heteroatoms. The average molecular weight is 262 g/mol. The lowest BCUT2D eigenvalue weighted by Gasteiger charge is -2.15. The zero-order valence-corrected chi connectivity index (χ0v) is 12.3. The summed E-state index contributed by atoms with van der Waals surface area (Å²) < 4.78 is 0. The lowest BCUT2D eigenvalue weighted by atomic mass is 9.97. The summed E-state index contributed by atoms with van der Waals surface area (Å²) in [5.74, 6) is 0.407. The van der Waals surface area contributed by atoms with Crippen molar-refractivity contribution < 1.29 is 0 Å². The highest BCUT2D eigenvalue weighted by atomic mass is 35.5. The number of pyridine rings is 1. The molecular formula is C16H20ClN. The van der Waals surface area contributed by atoms with Gasteiger partial charge in [-0.3, -0.25) is 4.98 Å². The van der Waals surface area contributed by atoms with Crippen molar-refractivity contribution in [2.24, 2.45) is 0 Å². The van der Waals surface area contributed by atoms with E-state index in [-0.39, 0.29) is 0 Å². The summed E-state index contributed by atoms with van der Waals surface area (Å²) in [5.41, 5.74) is 4.62. The van der Waals surface area contributed by atoms with E-state index in [4.69, 9.17) is 16.6 Å². The third kappa shape index (κ3) is 2.24. The van der Waals surface area contributed by atoms with Gasteiger partial charge < -0.3 is 0 Å². The van der Waals surface area contributed by atoms with Gasteiger partial charge in [0.2, 0.25) is 0 Å². The second-order valence-electron chi connectivity index (χ2n) is 5.14. The van der Waals surface area contributed by atoms with E-state index in [0.29, 0.717) is 5.92 Å². The highest BCUT2D eigenvalue weighted by Crippen LogP contribution is 2.34. The van der Waals surface area contributed by atoms with Gasteiger partial charge in [-0.25, -0.2) is 0 Å². The topological polar surface area (TPSA) is 12.9 Å². The van der Waals surface area contributed by atoms with Gasteiger partial charge in [-0.15, -0.1) is 0 Å². The molecule has 2 rings (SSSR count). The first-order valence-electron chi connectivity index (χ1n) is 6.63. The first-order valence-corrected chi connectivity index (χ1v) is 7.01. The molecule has 0 aliphatic rings. The van der Waals surface area contributed by atoms with Gasteiger partial charge in [-0.2, -0.15) is 0 Å². The van der Waals surface area contributed by atoms with Gasteiger partial charge in [0, 0.05) is 11.1 Å². The first-order chi connectivity index (χ1) is 8.56. The number of benzene rings is 1. The molecule has 96 valence electrons. The van der Waals surface area contributed by atoms with E-state index in [2.05, 4.69) is 45.9 Å². The van der Waals surface area contributed by atoms with E-state index in [1.165, 1.54) is 11.1 Å². The van der Waals surface area contributed by atoms with Gasteiger partial charge in [0.05, 0.1) is 10.5 Å². The molecule has 0 atom stereocenters. The van der Waals surface area contributed by atoms with Crippen LogP contribution in [0.2, 0.25) is 5.02 Å². The Balaban J connectivity index is 2.77. The van der Waals surface area contributed by atoms with E-state index in [0.717, 1.165) is 34.5 Å². The zero-order valence-electron chi connectivity index (χ0n) is 11.5. The summed E-state index contributed by atoms with van der Waals surface area (Å²) in [6, 6.07) is 6.32. The summed E-state index contributed by atoms with van der Waals surface area (Å²) in [4.78, 5) is 4.79. The van der Waals surface area contributed by atoms with E-state index in [9.17, 15) is 0 Å². The number of aromatic nitrogens is 1. The van der Waals surface area contributed by atoms with Crippen molar-refractivity contribution in [1.29, 1.82) is 0 Å². The van der Waals surface area contributed by atoms with Crippen LogP contribution < -0.4 is 0 Å². The van der Waals surface area contributed by atoms with Gasteiger partial charge in [-0.1, -0.05) is 57.0 Å². The molecule has 0 amide bonds. The lowest BCUT2D eigenvalue weighted by Crippen LogP contribution is -2.00. The van der Waals surface area contributed by atoms with Crippen molar-refractivity contribution in [3.05, 3.63) is 40.0 Å². The van der Waals surface area contributed by atoms with Crippen LogP contribution in [0.15, 0.2) is 18.2 Å². The molecule has 0 radical (unpaired) electrons. The minimum Gasteiger partial charge on any atom is -0.252 e. The quantitative estimate of drug-likeness (QED) is 0.733. The lowest BCUT2D eigenvalue weighted by molar-refractivity contribution is 0.847. The summed E-state index contributed by atoms with van der Waals surface area (Å²) in [6.45, 7) is 8.58. The predicted molar refractivity (Wildman–Crippen MR) is 79.6 cm³/mol. The molecule has 0 unspecified atom stereocenters. The highest BCUT2D eigenvalue weighted by Gasteiger charge is 2.15. The van der Waals surface area contributed by atoms with Crippen LogP contribution in [0, 0.1) is 6.92 Å². The van der Waals surface area contributed by atoms with Crippen LogP contribution in [-0.4, -0.2) is 4.98 Å². The Morgan fingerprint density at radius 1 is 1.28 bits per heavy atom. The maximum atomic E-state index is 6.57. The average Bonchev–Trinajstić information content (AvgIpc) is 2.30. The minimum absolute atomic E-state index is 0.407. The van der Waals surface area contributed by atoms with E-state index >= 15 is 0 Å². The minimum atomic E-state index is 0.407. The Morgan fingerprint density at radius 3 is 2.61 bits per heavy atom. The molecule has 0 bridgehead atoms.